The first-order chi connectivity index (χ1) is 11.3. The average molecular weight is 352 g/mol. The third-order valence-corrected chi connectivity index (χ3v) is 4.60. The molecule has 1 aliphatic rings. The number of rotatable bonds is 4. The van der Waals surface area contributed by atoms with Crippen molar-refractivity contribution in [3.8, 4) is 0 Å². The number of carbonyl (C=O) groups is 1. The molecule has 1 aromatic heterocycles. The number of nitrogens with one attached hydrogen (secondary N) is 2. The molecule has 128 valence electrons. The minimum atomic E-state index is -4.32. The molecule has 0 bridgehead atoms. The molecule has 0 saturated carbocycles. The molecule has 1 fully saturated rings. The van der Waals surface area contributed by atoms with Gasteiger partial charge in [0, 0.05) is 23.2 Å². The summed E-state index contributed by atoms with van der Waals surface area (Å²) in [5.74, 6) is -0.166. The van der Waals surface area contributed by atoms with Crippen LogP contribution in [0.3, 0.4) is 0 Å². The summed E-state index contributed by atoms with van der Waals surface area (Å²) < 4.78 is 16.3. The molecule has 24 heavy (non-hydrogen) atoms. The van der Waals surface area contributed by atoms with Crippen molar-refractivity contribution >= 4 is 30.2 Å². The molecular formula is C15H17N2O6P. The summed E-state index contributed by atoms with van der Waals surface area (Å²) in [6, 6.07) is 5.49. The van der Waals surface area contributed by atoms with E-state index in [1.54, 1.807) is 12.1 Å². The van der Waals surface area contributed by atoms with Crippen LogP contribution in [-0.4, -0.2) is 28.3 Å². The van der Waals surface area contributed by atoms with E-state index in [0.717, 1.165) is 25.5 Å². The third-order valence-electron chi connectivity index (χ3n) is 3.85. The molecule has 1 aliphatic heterocycles. The molecule has 2 heterocycles. The lowest BCUT2D eigenvalue weighted by Crippen LogP contribution is -2.35. The van der Waals surface area contributed by atoms with E-state index in [9.17, 15) is 14.2 Å². The normalized spacial score (nSPS) is 18.0. The summed E-state index contributed by atoms with van der Waals surface area (Å²) in [6.07, 6.45) is 1.16. The van der Waals surface area contributed by atoms with E-state index in [1.807, 2.05) is 0 Å². The van der Waals surface area contributed by atoms with Gasteiger partial charge in [-0.3, -0.25) is 9.36 Å². The van der Waals surface area contributed by atoms with Crippen molar-refractivity contribution in [1.82, 2.24) is 5.32 Å². The number of fused-ring (bicyclic) bond motifs is 1. The van der Waals surface area contributed by atoms with E-state index in [2.05, 4.69) is 10.6 Å². The van der Waals surface area contributed by atoms with Crippen LogP contribution in [0.25, 0.3) is 11.0 Å². The molecule has 1 amide bonds. The minimum absolute atomic E-state index is 0.166. The Labute approximate surface area is 137 Å². The molecule has 1 atom stereocenters. The predicted octanol–water partition coefficient (Wildman–Crippen LogP) is 1.16. The highest BCUT2D eigenvalue weighted by Gasteiger charge is 2.22. The zero-order chi connectivity index (χ0) is 17.3. The summed E-state index contributed by atoms with van der Waals surface area (Å²) in [5.41, 5.74) is 0.137. The molecule has 1 aromatic carbocycles. The number of carbonyl (C=O) groups excluding carboxylic acids is 1. The summed E-state index contributed by atoms with van der Waals surface area (Å²) in [4.78, 5) is 42.0. The van der Waals surface area contributed by atoms with Crippen molar-refractivity contribution < 1.29 is 23.6 Å². The lowest BCUT2D eigenvalue weighted by Gasteiger charge is -2.12. The van der Waals surface area contributed by atoms with Crippen molar-refractivity contribution in [2.45, 2.75) is 25.0 Å². The monoisotopic (exact) mass is 352 g/mol. The van der Waals surface area contributed by atoms with Gasteiger partial charge in [0.15, 0.2) is 0 Å². The van der Waals surface area contributed by atoms with Crippen LogP contribution < -0.4 is 16.3 Å². The van der Waals surface area contributed by atoms with Gasteiger partial charge in [0.1, 0.15) is 5.58 Å². The Morgan fingerprint density at radius 1 is 1.38 bits per heavy atom. The van der Waals surface area contributed by atoms with Gasteiger partial charge >= 0.3 is 13.2 Å². The molecule has 8 nitrogen and oxygen atoms in total. The molecule has 0 spiro atoms. The van der Waals surface area contributed by atoms with Crippen LogP contribution >= 0.6 is 7.60 Å². The fourth-order valence-corrected chi connectivity index (χ4v) is 3.50. The van der Waals surface area contributed by atoms with Gasteiger partial charge in [0.25, 0.3) is 0 Å². The molecular weight excluding hydrogens is 335 g/mol. The molecule has 3 rings (SSSR count). The number of hydrogen-bond acceptors (Lipinski definition) is 5. The maximum absolute atomic E-state index is 12.1. The van der Waals surface area contributed by atoms with Crippen molar-refractivity contribution in [2.75, 3.05) is 11.9 Å². The van der Waals surface area contributed by atoms with Crippen molar-refractivity contribution in [3.63, 3.8) is 0 Å². The quantitative estimate of drug-likeness (QED) is 0.480. The fraction of sp³-hybridized carbons (Fsp3) is 0.333. The van der Waals surface area contributed by atoms with E-state index in [-0.39, 0.29) is 23.1 Å². The van der Waals surface area contributed by atoms with E-state index < -0.39 is 19.4 Å². The summed E-state index contributed by atoms with van der Waals surface area (Å²) in [7, 11) is -4.32. The Kier molecular flexibility index (Phi) is 4.56. The van der Waals surface area contributed by atoms with Gasteiger partial charge in [-0.15, -0.1) is 0 Å². The average Bonchev–Trinajstić information content (AvgIpc) is 2.99. The molecule has 9 heteroatoms. The summed E-state index contributed by atoms with van der Waals surface area (Å²) >= 11 is 0. The molecule has 0 unspecified atom stereocenters. The molecule has 2 aromatic rings. The van der Waals surface area contributed by atoms with Gasteiger partial charge in [-0.2, -0.15) is 0 Å². The fourth-order valence-electron chi connectivity index (χ4n) is 2.80. The van der Waals surface area contributed by atoms with Gasteiger partial charge < -0.3 is 24.8 Å². The summed E-state index contributed by atoms with van der Waals surface area (Å²) in [5, 5.41) is 6.26. The Hall–Kier alpha value is -1.99. The van der Waals surface area contributed by atoms with Gasteiger partial charge in [-0.1, -0.05) is 0 Å². The van der Waals surface area contributed by atoms with Crippen LogP contribution in [-0.2, 0) is 15.5 Å². The van der Waals surface area contributed by atoms with Crippen molar-refractivity contribution in [2.24, 2.45) is 0 Å². The SMILES string of the molecule is O=C(Nc1ccc2c(CP(=O)(O)O)cc(=O)oc2c1)[C@H]1CCCN1. The number of anilines is 1. The van der Waals surface area contributed by atoms with E-state index >= 15 is 0 Å². The number of hydrogen-bond donors (Lipinski definition) is 4. The van der Waals surface area contributed by atoms with Crippen molar-refractivity contribution in [3.05, 3.63) is 40.2 Å². The van der Waals surface area contributed by atoms with Crippen LogP contribution in [0.5, 0.6) is 0 Å². The van der Waals surface area contributed by atoms with E-state index in [4.69, 9.17) is 14.2 Å². The predicted molar refractivity (Wildman–Crippen MR) is 87.9 cm³/mol. The lowest BCUT2D eigenvalue weighted by molar-refractivity contribution is -0.117. The second-order valence-corrected chi connectivity index (χ2v) is 7.41. The topological polar surface area (TPSA) is 129 Å². The van der Waals surface area contributed by atoms with Crippen LogP contribution in [0, 0.1) is 0 Å². The van der Waals surface area contributed by atoms with Crippen LogP contribution in [0.1, 0.15) is 18.4 Å². The number of amides is 1. The maximum Gasteiger partial charge on any atom is 0.336 e. The van der Waals surface area contributed by atoms with E-state index in [1.165, 1.54) is 6.07 Å². The lowest BCUT2D eigenvalue weighted by atomic mass is 10.1. The highest BCUT2D eigenvalue weighted by atomic mass is 31.2. The molecule has 4 N–H and O–H groups in total. The minimum Gasteiger partial charge on any atom is -0.423 e. The number of benzene rings is 1. The standard InChI is InChI=1S/C15H17N2O6P/c18-14-6-9(8-24(20,21)22)11-4-3-10(7-13(11)23-14)17-15(19)12-2-1-5-16-12/h3-4,6-7,12,16H,1-2,5,8H2,(H,17,19)(H2,20,21,22)/t12-/m1/s1. The highest BCUT2D eigenvalue weighted by molar-refractivity contribution is 7.50. The molecule has 1 saturated heterocycles. The second kappa shape index (κ2) is 6.49. The second-order valence-electron chi connectivity index (χ2n) is 5.76. The maximum atomic E-state index is 12.1. The Balaban J connectivity index is 1.92. The van der Waals surface area contributed by atoms with Crippen LogP contribution in [0.15, 0.2) is 33.5 Å². The van der Waals surface area contributed by atoms with Crippen molar-refractivity contribution in [1.29, 1.82) is 0 Å². The smallest absolute Gasteiger partial charge is 0.336 e. The summed E-state index contributed by atoms with van der Waals surface area (Å²) in [6.45, 7) is 0.802. The van der Waals surface area contributed by atoms with Crippen LogP contribution in [0.2, 0.25) is 0 Å². The largest absolute Gasteiger partial charge is 0.423 e. The van der Waals surface area contributed by atoms with Crippen LogP contribution in [0.4, 0.5) is 5.69 Å². The molecule has 0 aliphatic carbocycles. The first kappa shape index (κ1) is 16.9. The molecule has 0 radical (unpaired) electrons. The Bertz CT molecular complexity index is 881. The third kappa shape index (κ3) is 3.91. The van der Waals surface area contributed by atoms with Gasteiger partial charge in [0.2, 0.25) is 5.91 Å². The Morgan fingerprint density at radius 2 is 2.17 bits per heavy atom. The Morgan fingerprint density at radius 3 is 2.83 bits per heavy atom. The van der Waals surface area contributed by atoms with Gasteiger partial charge in [-0.05, 0) is 37.1 Å². The first-order valence-electron chi connectivity index (χ1n) is 7.47. The zero-order valence-electron chi connectivity index (χ0n) is 12.7. The van der Waals surface area contributed by atoms with Gasteiger partial charge in [0.05, 0.1) is 12.2 Å². The highest BCUT2D eigenvalue weighted by Crippen LogP contribution is 2.40. The zero-order valence-corrected chi connectivity index (χ0v) is 13.6. The van der Waals surface area contributed by atoms with Gasteiger partial charge in [-0.25, -0.2) is 4.79 Å². The first-order valence-corrected chi connectivity index (χ1v) is 9.27. The van der Waals surface area contributed by atoms with E-state index in [0.29, 0.717) is 11.1 Å².